The van der Waals surface area contributed by atoms with Crippen LogP contribution in [0.5, 0.6) is 0 Å². The standard InChI is InChI=1S/C8H16N2S4Se/c1-5-9(3)7(11)13-15-14-8(12)10(4)6-2/h5-6H2,1-4H3. The van der Waals surface area contributed by atoms with E-state index in [9.17, 15) is 0 Å². The average Bonchev–Trinajstić information content (AvgIpc) is 2.26. The molecule has 0 aliphatic carbocycles. The molecule has 0 aromatic heterocycles. The van der Waals surface area contributed by atoms with Crippen LogP contribution in [0.3, 0.4) is 0 Å². The van der Waals surface area contributed by atoms with Crippen molar-refractivity contribution in [3.63, 3.8) is 0 Å². The fourth-order valence-corrected chi connectivity index (χ4v) is 8.87. The van der Waals surface area contributed by atoms with Gasteiger partial charge in [-0.25, -0.2) is 0 Å². The van der Waals surface area contributed by atoms with Gasteiger partial charge in [0.2, 0.25) is 0 Å². The third-order valence-electron chi connectivity index (χ3n) is 1.78. The number of thiocarbonyl (C=S) groups is 2. The Morgan fingerprint density at radius 3 is 1.60 bits per heavy atom. The molecule has 0 radical (unpaired) electrons. The molecule has 2 nitrogen and oxygen atoms in total. The summed E-state index contributed by atoms with van der Waals surface area (Å²) in [6.45, 7) is 6.13. The Morgan fingerprint density at radius 1 is 1.00 bits per heavy atom. The van der Waals surface area contributed by atoms with Crippen molar-refractivity contribution in [3.8, 4) is 0 Å². The minimum atomic E-state index is 0.348. The zero-order valence-corrected chi connectivity index (χ0v) is 14.3. The molecule has 15 heavy (non-hydrogen) atoms. The van der Waals surface area contributed by atoms with E-state index in [0.717, 1.165) is 21.7 Å². The third kappa shape index (κ3) is 7.02. The molecule has 0 aliphatic rings. The molecule has 88 valence electrons. The second-order valence-corrected chi connectivity index (χ2v) is 10.4. The molecule has 0 N–H and O–H groups in total. The van der Waals surface area contributed by atoms with E-state index in [1.165, 1.54) is 0 Å². The van der Waals surface area contributed by atoms with Gasteiger partial charge < -0.3 is 0 Å². The van der Waals surface area contributed by atoms with Gasteiger partial charge in [-0.1, -0.05) is 0 Å². The van der Waals surface area contributed by atoms with Gasteiger partial charge in [0, 0.05) is 0 Å². The molecule has 0 aliphatic heterocycles. The van der Waals surface area contributed by atoms with Crippen LogP contribution in [-0.4, -0.2) is 58.3 Å². The Hall–Kier alpha value is 0.999. The molecule has 0 fully saturated rings. The van der Waals surface area contributed by atoms with E-state index in [-0.39, 0.29) is 0 Å². The Kier molecular flexibility index (Phi) is 9.68. The zero-order chi connectivity index (χ0) is 11.8. The van der Waals surface area contributed by atoms with Crippen molar-refractivity contribution in [1.29, 1.82) is 0 Å². The van der Waals surface area contributed by atoms with E-state index in [0.29, 0.717) is 12.7 Å². The van der Waals surface area contributed by atoms with Gasteiger partial charge in [-0.05, 0) is 0 Å². The normalized spacial score (nSPS) is 9.87. The summed E-state index contributed by atoms with van der Waals surface area (Å²) in [6, 6.07) is 0. The summed E-state index contributed by atoms with van der Waals surface area (Å²) in [5.41, 5.74) is 0. The van der Waals surface area contributed by atoms with Crippen LogP contribution >= 0.6 is 44.8 Å². The Bertz CT molecular complexity index is 203. The van der Waals surface area contributed by atoms with E-state index in [1.54, 1.807) is 20.4 Å². The predicted molar refractivity (Wildman–Crippen MR) is 82.7 cm³/mol. The molecule has 0 saturated carbocycles. The summed E-state index contributed by atoms with van der Waals surface area (Å²) in [4.78, 5) is 4.16. The van der Waals surface area contributed by atoms with E-state index < -0.39 is 0 Å². The Labute approximate surface area is 116 Å². The average molecular weight is 347 g/mol. The molecule has 0 saturated heterocycles. The number of rotatable bonds is 4. The van der Waals surface area contributed by atoms with Crippen molar-refractivity contribution < 1.29 is 0 Å². The van der Waals surface area contributed by atoms with Crippen molar-refractivity contribution in [3.05, 3.63) is 0 Å². The van der Waals surface area contributed by atoms with Crippen molar-refractivity contribution in [2.75, 3.05) is 27.2 Å². The molecule has 0 aromatic carbocycles. The quantitative estimate of drug-likeness (QED) is 0.565. The van der Waals surface area contributed by atoms with Gasteiger partial charge in [0.25, 0.3) is 0 Å². The van der Waals surface area contributed by atoms with Crippen LogP contribution in [0.2, 0.25) is 0 Å². The Morgan fingerprint density at radius 2 is 1.33 bits per heavy atom. The van der Waals surface area contributed by atoms with Crippen molar-refractivity contribution >= 4 is 66.2 Å². The summed E-state index contributed by atoms with van der Waals surface area (Å²) in [5, 5.41) is 0. The molecule has 7 heteroatoms. The first-order valence-electron chi connectivity index (χ1n) is 4.54. The monoisotopic (exact) mass is 348 g/mol. The topological polar surface area (TPSA) is 6.48 Å². The van der Waals surface area contributed by atoms with E-state index in [4.69, 9.17) is 24.4 Å². The minimum absolute atomic E-state index is 0.348. The van der Waals surface area contributed by atoms with Crippen molar-refractivity contribution in [2.45, 2.75) is 13.8 Å². The molecule has 0 atom stereocenters. The van der Waals surface area contributed by atoms with Crippen molar-refractivity contribution in [1.82, 2.24) is 9.80 Å². The molecule has 0 aromatic rings. The van der Waals surface area contributed by atoms with E-state index in [1.807, 2.05) is 14.1 Å². The second kappa shape index (κ2) is 9.07. The second-order valence-electron chi connectivity index (χ2n) is 2.79. The van der Waals surface area contributed by atoms with Crippen LogP contribution < -0.4 is 0 Å². The van der Waals surface area contributed by atoms with Crippen LogP contribution in [-0.2, 0) is 0 Å². The van der Waals surface area contributed by atoms with E-state index in [2.05, 4.69) is 23.6 Å². The number of hydrogen-bond acceptors (Lipinski definition) is 4. The SMILES string of the molecule is CCN(C)C(=S)S[Se]SC(=S)N(C)CC. The van der Waals surface area contributed by atoms with Gasteiger partial charge in [-0.2, -0.15) is 0 Å². The fourth-order valence-electron chi connectivity index (χ4n) is 0.461. The number of nitrogens with zero attached hydrogens (tertiary/aromatic N) is 2. The van der Waals surface area contributed by atoms with Gasteiger partial charge in [-0.3, -0.25) is 0 Å². The first-order chi connectivity index (χ1) is 7.02. The molecular weight excluding hydrogens is 331 g/mol. The summed E-state index contributed by atoms with van der Waals surface area (Å²) in [5.74, 6) is 0. The number of hydrogen-bond donors (Lipinski definition) is 0. The van der Waals surface area contributed by atoms with Gasteiger partial charge in [0.05, 0.1) is 0 Å². The molecule has 0 spiro atoms. The zero-order valence-electron chi connectivity index (χ0n) is 9.35. The third-order valence-corrected chi connectivity index (χ3v) is 10.3. The maximum absolute atomic E-state index is 5.26. The van der Waals surface area contributed by atoms with Crippen molar-refractivity contribution in [2.24, 2.45) is 0 Å². The van der Waals surface area contributed by atoms with Gasteiger partial charge in [0.1, 0.15) is 0 Å². The van der Waals surface area contributed by atoms with Gasteiger partial charge >= 0.3 is 117 Å². The molecule has 0 amide bonds. The van der Waals surface area contributed by atoms with Gasteiger partial charge in [-0.15, -0.1) is 0 Å². The van der Waals surface area contributed by atoms with Crippen LogP contribution in [0.15, 0.2) is 0 Å². The first kappa shape index (κ1) is 16.0. The fraction of sp³-hybridized carbons (Fsp3) is 0.750. The van der Waals surface area contributed by atoms with Crippen LogP contribution in [0, 0.1) is 0 Å². The molecular formula is C8H16N2S4Se. The van der Waals surface area contributed by atoms with E-state index >= 15 is 0 Å². The van der Waals surface area contributed by atoms with Crippen LogP contribution in [0.4, 0.5) is 0 Å². The summed E-state index contributed by atoms with van der Waals surface area (Å²) in [7, 11) is 7.51. The van der Waals surface area contributed by atoms with Gasteiger partial charge in [0.15, 0.2) is 0 Å². The summed E-state index contributed by atoms with van der Waals surface area (Å²) >= 11 is 10.9. The molecule has 0 heterocycles. The Balaban J connectivity index is 3.70. The first-order valence-corrected chi connectivity index (χ1v) is 11.0. The molecule has 0 bridgehead atoms. The van der Waals surface area contributed by atoms with Crippen LogP contribution in [0.1, 0.15) is 13.8 Å². The van der Waals surface area contributed by atoms with Crippen LogP contribution in [0.25, 0.3) is 0 Å². The molecule has 0 rings (SSSR count). The molecule has 0 unspecified atom stereocenters. The summed E-state index contributed by atoms with van der Waals surface area (Å²) < 4.78 is 1.93. The predicted octanol–water partition coefficient (Wildman–Crippen LogP) is 2.46. The maximum atomic E-state index is 5.26. The summed E-state index contributed by atoms with van der Waals surface area (Å²) in [6.07, 6.45) is 0.